The van der Waals surface area contributed by atoms with Gasteiger partial charge in [-0.25, -0.2) is 0 Å². The number of rotatable bonds is 3. The van der Waals surface area contributed by atoms with Crippen LogP contribution in [0.5, 0.6) is 0 Å². The lowest BCUT2D eigenvalue weighted by molar-refractivity contribution is 0.0893. The molecule has 1 aromatic rings. The molecule has 0 saturated carbocycles. The van der Waals surface area contributed by atoms with Gasteiger partial charge >= 0.3 is 0 Å². The third-order valence-corrected chi connectivity index (χ3v) is 4.53. The Bertz CT molecular complexity index is 480. The Labute approximate surface area is 115 Å². The lowest BCUT2D eigenvalue weighted by atomic mass is 9.99. The molecule has 3 rings (SSSR count). The molecule has 1 heterocycles. The molecule has 1 atom stereocenters. The summed E-state index contributed by atoms with van der Waals surface area (Å²) < 4.78 is 0. The standard InChI is InChI=1S/C17H23NO/c1-13-4-3-9-18(11-13)12-17(19)16-8-7-14-5-2-6-15(14)10-16/h7-8,10,13H,2-6,9,11-12H2,1H3. The van der Waals surface area contributed by atoms with E-state index in [1.54, 1.807) is 0 Å². The van der Waals surface area contributed by atoms with Crippen molar-refractivity contribution >= 4 is 5.78 Å². The first-order chi connectivity index (χ1) is 9.22. The van der Waals surface area contributed by atoms with E-state index in [4.69, 9.17) is 0 Å². The van der Waals surface area contributed by atoms with Crippen LogP contribution >= 0.6 is 0 Å². The summed E-state index contributed by atoms with van der Waals surface area (Å²) in [6.07, 6.45) is 6.13. The van der Waals surface area contributed by atoms with Gasteiger partial charge in [-0.3, -0.25) is 9.69 Å². The van der Waals surface area contributed by atoms with Gasteiger partial charge in [-0.15, -0.1) is 0 Å². The molecule has 0 bridgehead atoms. The summed E-state index contributed by atoms with van der Waals surface area (Å²) in [7, 11) is 0. The van der Waals surface area contributed by atoms with Gasteiger partial charge in [0, 0.05) is 12.1 Å². The van der Waals surface area contributed by atoms with E-state index in [-0.39, 0.29) is 0 Å². The molecule has 2 aliphatic rings. The highest BCUT2D eigenvalue weighted by Crippen LogP contribution is 2.23. The molecule has 2 nitrogen and oxygen atoms in total. The van der Waals surface area contributed by atoms with Crippen LogP contribution in [0.15, 0.2) is 18.2 Å². The van der Waals surface area contributed by atoms with Crippen molar-refractivity contribution in [3.05, 3.63) is 34.9 Å². The number of benzene rings is 1. The van der Waals surface area contributed by atoms with E-state index in [2.05, 4.69) is 24.0 Å². The SMILES string of the molecule is CC1CCCN(CC(=O)c2ccc3c(c2)CCC3)C1. The highest BCUT2D eigenvalue weighted by molar-refractivity contribution is 5.97. The Kier molecular flexibility index (Phi) is 3.69. The number of hydrogen-bond acceptors (Lipinski definition) is 2. The minimum atomic E-state index is 0.295. The Hall–Kier alpha value is -1.15. The first-order valence-corrected chi connectivity index (χ1v) is 7.60. The lowest BCUT2D eigenvalue weighted by Crippen LogP contribution is -2.38. The maximum absolute atomic E-state index is 12.4. The normalized spacial score (nSPS) is 23.3. The Morgan fingerprint density at radius 3 is 2.95 bits per heavy atom. The van der Waals surface area contributed by atoms with Crippen molar-refractivity contribution in [2.24, 2.45) is 5.92 Å². The second kappa shape index (κ2) is 5.46. The van der Waals surface area contributed by atoms with Crippen LogP contribution in [0, 0.1) is 5.92 Å². The Morgan fingerprint density at radius 2 is 2.11 bits per heavy atom. The predicted molar refractivity (Wildman–Crippen MR) is 77.6 cm³/mol. The average Bonchev–Trinajstić information content (AvgIpc) is 2.85. The molecule has 0 aromatic heterocycles. The molecule has 1 saturated heterocycles. The number of piperidine rings is 1. The van der Waals surface area contributed by atoms with Gasteiger partial charge < -0.3 is 0 Å². The zero-order valence-corrected chi connectivity index (χ0v) is 11.8. The second-order valence-corrected chi connectivity index (χ2v) is 6.24. The number of likely N-dealkylation sites (tertiary alicyclic amines) is 1. The maximum Gasteiger partial charge on any atom is 0.176 e. The fourth-order valence-corrected chi connectivity index (χ4v) is 3.47. The number of aryl methyl sites for hydroxylation is 2. The molecule has 19 heavy (non-hydrogen) atoms. The van der Waals surface area contributed by atoms with Gasteiger partial charge in [-0.1, -0.05) is 19.1 Å². The third-order valence-electron chi connectivity index (χ3n) is 4.53. The Morgan fingerprint density at radius 1 is 1.26 bits per heavy atom. The van der Waals surface area contributed by atoms with Gasteiger partial charge in [0.25, 0.3) is 0 Å². The van der Waals surface area contributed by atoms with Crippen LogP contribution in [0.2, 0.25) is 0 Å². The van der Waals surface area contributed by atoms with Crippen molar-refractivity contribution in [1.82, 2.24) is 4.90 Å². The maximum atomic E-state index is 12.4. The largest absolute Gasteiger partial charge is 0.296 e. The number of nitrogens with zero attached hydrogens (tertiary/aromatic N) is 1. The summed E-state index contributed by atoms with van der Waals surface area (Å²) in [5.41, 5.74) is 3.76. The average molecular weight is 257 g/mol. The molecule has 0 N–H and O–H groups in total. The van der Waals surface area contributed by atoms with E-state index >= 15 is 0 Å². The fraction of sp³-hybridized carbons (Fsp3) is 0.588. The molecular formula is C17H23NO. The number of carbonyl (C=O) groups is 1. The van der Waals surface area contributed by atoms with Crippen LogP contribution in [0.1, 0.15) is 47.7 Å². The van der Waals surface area contributed by atoms with E-state index in [0.717, 1.165) is 31.0 Å². The van der Waals surface area contributed by atoms with Crippen molar-refractivity contribution in [3.63, 3.8) is 0 Å². The summed E-state index contributed by atoms with van der Waals surface area (Å²) in [6, 6.07) is 6.33. The molecular weight excluding hydrogens is 234 g/mol. The van der Waals surface area contributed by atoms with Gasteiger partial charge in [0.15, 0.2) is 5.78 Å². The van der Waals surface area contributed by atoms with E-state index < -0.39 is 0 Å². The summed E-state index contributed by atoms with van der Waals surface area (Å²) in [6.45, 7) is 5.05. The molecule has 0 amide bonds. The Balaban J connectivity index is 1.67. The first kappa shape index (κ1) is 12.9. The molecule has 102 valence electrons. The van der Waals surface area contributed by atoms with Crippen molar-refractivity contribution in [2.75, 3.05) is 19.6 Å². The van der Waals surface area contributed by atoms with Crippen LogP contribution in [0.25, 0.3) is 0 Å². The number of Topliss-reactive ketones (excluding diaryl/α,β-unsaturated/α-hetero) is 1. The van der Waals surface area contributed by atoms with Crippen LogP contribution in [-0.2, 0) is 12.8 Å². The topological polar surface area (TPSA) is 20.3 Å². The summed E-state index contributed by atoms with van der Waals surface area (Å²) >= 11 is 0. The molecule has 0 radical (unpaired) electrons. The minimum absolute atomic E-state index is 0.295. The summed E-state index contributed by atoms with van der Waals surface area (Å²) in [5.74, 6) is 1.03. The first-order valence-electron chi connectivity index (χ1n) is 7.60. The van der Waals surface area contributed by atoms with Gasteiger partial charge in [-0.05, 0) is 61.8 Å². The monoisotopic (exact) mass is 257 g/mol. The molecule has 1 unspecified atom stereocenters. The summed E-state index contributed by atoms with van der Waals surface area (Å²) in [4.78, 5) is 14.7. The molecule has 1 aliphatic heterocycles. The fourth-order valence-electron chi connectivity index (χ4n) is 3.47. The van der Waals surface area contributed by atoms with Crippen molar-refractivity contribution < 1.29 is 4.79 Å². The van der Waals surface area contributed by atoms with Crippen molar-refractivity contribution in [2.45, 2.75) is 39.0 Å². The number of fused-ring (bicyclic) bond motifs is 1. The minimum Gasteiger partial charge on any atom is -0.296 e. The number of carbonyl (C=O) groups excluding carboxylic acids is 1. The van der Waals surface area contributed by atoms with E-state index in [0.29, 0.717) is 12.3 Å². The molecule has 1 aliphatic carbocycles. The van der Waals surface area contributed by atoms with Crippen LogP contribution in [-0.4, -0.2) is 30.3 Å². The quantitative estimate of drug-likeness (QED) is 0.776. The molecule has 1 fully saturated rings. The molecule has 1 aromatic carbocycles. The third kappa shape index (κ3) is 2.89. The van der Waals surface area contributed by atoms with Crippen molar-refractivity contribution in [1.29, 1.82) is 0 Å². The van der Waals surface area contributed by atoms with Crippen LogP contribution in [0.3, 0.4) is 0 Å². The summed E-state index contributed by atoms with van der Waals surface area (Å²) in [5, 5.41) is 0. The van der Waals surface area contributed by atoms with Gasteiger partial charge in [0.1, 0.15) is 0 Å². The second-order valence-electron chi connectivity index (χ2n) is 6.24. The number of ketones is 1. The van der Waals surface area contributed by atoms with E-state index in [1.165, 1.54) is 36.8 Å². The van der Waals surface area contributed by atoms with Crippen LogP contribution < -0.4 is 0 Å². The highest BCUT2D eigenvalue weighted by atomic mass is 16.1. The van der Waals surface area contributed by atoms with Crippen molar-refractivity contribution in [3.8, 4) is 0 Å². The highest BCUT2D eigenvalue weighted by Gasteiger charge is 2.20. The van der Waals surface area contributed by atoms with E-state index in [9.17, 15) is 4.79 Å². The zero-order chi connectivity index (χ0) is 13.2. The van der Waals surface area contributed by atoms with E-state index in [1.807, 2.05) is 6.07 Å². The lowest BCUT2D eigenvalue weighted by Gasteiger charge is -2.30. The number of hydrogen-bond donors (Lipinski definition) is 0. The predicted octanol–water partition coefficient (Wildman–Crippen LogP) is 3.09. The zero-order valence-electron chi connectivity index (χ0n) is 11.8. The molecule has 0 spiro atoms. The molecule has 2 heteroatoms. The smallest absolute Gasteiger partial charge is 0.176 e. The van der Waals surface area contributed by atoms with Gasteiger partial charge in [0.2, 0.25) is 0 Å². The van der Waals surface area contributed by atoms with Gasteiger partial charge in [0.05, 0.1) is 6.54 Å². The van der Waals surface area contributed by atoms with Crippen LogP contribution in [0.4, 0.5) is 0 Å². The van der Waals surface area contributed by atoms with Gasteiger partial charge in [-0.2, -0.15) is 0 Å².